The molecular formula is C7H3BrF4O2. The Labute approximate surface area is 84.2 Å². The zero-order valence-electron chi connectivity index (χ0n) is 6.40. The number of phenolic OH excluding ortho intramolecular Hbond substituents is 1. The van der Waals surface area contributed by atoms with Crippen LogP contribution in [0.1, 0.15) is 0 Å². The molecule has 0 saturated heterocycles. The van der Waals surface area contributed by atoms with Crippen molar-refractivity contribution >= 4 is 15.9 Å². The summed E-state index contributed by atoms with van der Waals surface area (Å²) in [5.74, 6) is -3.36. The van der Waals surface area contributed by atoms with Crippen LogP contribution in [0.4, 0.5) is 17.6 Å². The van der Waals surface area contributed by atoms with Gasteiger partial charge in [0.2, 0.25) is 0 Å². The van der Waals surface area contributed by atoms with Crippen LogP contribution in [0.2, 0.25) is 0 Å². The average Bonchev–Trinajstić information content (AvgIpc) is 2.04. The molecule has 1 aromatic carbocycles. The molecule has 14 heavy (non-hydrogen) atoms. The highest BCUT2D eigenvalue weighted by Crippen LogP contribution is 2.36. The van der Waals surface area contributed by atoms with E-state index in [9.17, 15) is 17.6 Å². The van der Waals surface area contributed by atoms with Crippen LogP contribution in [0.25, 0.3) is 0 Å². The van der Waals surface area contributed by atoms with E-state index in [0.717, 1.165) is 12.1 Å². The lowest BCUT2D eigenvalue weighted by atomic mass is 10.3. The number of halogens is 5. The zero-order chi connectivity index (χ0) is 10.9. The second-order valence-electron chi connectivity index (χ2n) is 2.26. The number of phenols is 1. The van der Waals surface area contributed by atoms with E-state index in [1.54, 1.807) is 0 Å². The van der Waals surface area contributed by atoms with Gasteiger partial charge in [0, 0.05) is 0 Å². The van der Waals surface area contributed by atoms with Crippen molar-refractivity contribution in [1.29, 1.82) is 0 Å². The molecule has 0 aliphatic carbocycles. The monoisotopic (exact) mass is 274 g/mol. The standard InChI is InChI=1S/C7H3BrF4O2/c8-3-1-2-4(6(13)5(3)9)14-7(10,11)12/h1-2,13H. The molecule has 0 radical (unpaired) electrons. The number of ether oxygens (including phenoxy) is 1. The second-order valence-corrected chi connectivity index (χ2v) is 3.11. The Morgan fingerprint density at radius 3 is 2.36 bits per heavy atom. The summed E-state index contributed by atoms with van der Waals surface area (Å²) >= 11 is 2.69. The SMILES string of the molecule is Oc1c(OC(F)(F)F)ccc(Br)c1F. The van der Waals surface area contributed by atoms with Gasteiger partial charge >= 0.3 is 6.36 Å². The van der Waals surface area contributed by atoms with E-state index < -0.39 is 23.7 Å². The van der Waals surface area contributed by atoms with Crippen LogP contribution in [-0.4, -0.2) is 11.5 Å². The fourth-order valence-electron chi connectivity index (χ4n) is 0.729. The van der Waals surface area contributed by atoms with Gasteiger partial charge < -0.3 is 9.84 Å². The Morgan fingerprint density at radius 1 is 1.29 bits per heavy atom. The second kappa shape index (κ2) is 3.64. The van der Waals surface area contributed by atoms with E-state index in [1.807, 2.05) is 0 Å². The van der Waals surface area contributed by atoms with Crippen molar-refractivity contribution in [3.63, 3.8) is 0 Å². The minimum Gasteiger partial charge on any atom is -0.502 e. The number of hydrogen-bond acceptors (Lipinski definition) is 2. The molecule has 78 valence electrons. The highest BCUT2D eigenvalue weighted by atomic mass is 79.9. The maximum Gasteiger partial charge on any atom is 0.573 e. The number of benzene rings is 1. The molecular weight excluding hydrogens is 272 g/mol. The molecule has 0 atom stereocenters. The summed E-state index contributed by atoms with van der Waals surface area (Å²) < 4.78 is 51.1. The molecule has 0 unspecified atom stereocenters. The summed E-state index contributed by atoms with van der Waals surface area (Å²) in [6, 6.07) is 1.80. The lowest BCUT2D eigenvalue weighted by Gasteiger charge is -2.10. The largest absolute Gasteiger partial charge is 0.573 e. The average molecular weight is 275 g/mol. The summed E-state index contributed by atoms with van der Waals surface area (Å²) in [6.45, 7) is 0. The molecule has 7 heteroatoms. The molecule has 0 aliphatic rings. The number of alkyl halides is 3. The van der Waals surface area contributed by atoms with Gasteiger partial charge in [-0.05, 0) is 28.1 Å². The first-order valence-electron chi connectivity index (χ1n) is 3.24. The number of aromatic hydroxyl groups is 1. The van der Waals surface area contributed by atoms with Crippen LogP contribution in [0.3, 0.4) is 0 Å². The van der Waals surface area contributed by atoms with Gasteiger partial charge in [0.15, 0.2) is 17.3 Å². The van der Waals surface area contributed by atoms with Gasteiger partial charge in [-0.3, -0.25) is 0 Å². The molecule has 0 saturated carbocycles. The number of rotatable bonds is 1. The lowest BCUT2D eigenvalue weighted by Crippen LogP contribution is -2.17. The molecule has 0 amide bonds. The molecule has 1 N–H and O–H groups in total. The molecule has 0 heterocycles. The van der Waals surface area contributed by atoms with Crippen molar-refractivity contribution in [2.24, 2.45) is 0 Å². The first kappa shape index (κ1) is 11.1. The van der Waals surface area contributed by atoms with Gasteiger partial charge in [0.1, 0.15) is 0 Å². The summed E-state index contributed by atoms with van der Waals surface area (Å²) in [6.07, 6.45) is -4.96. The molecule has 1 rings (SSSR count). The van der Waals surface area contributed by atoms with Crippen molar-refractivity contribution in [2.75, 3.05) is 0 Å². The minimum absolute atomic E-state index is 0.149. The lowest BCUT2D eigenvalue weighted by molar-refractivity contribution is -0.275. The van der Waals surface area contributed by atoms with Crippen molar-refractivity contribution in [3.05, 3.63) is 22.4 Å². The van der Waals surface area contributed by atoms with Crippen LogP contribution in [-0.2, 0) is 0 Å². The van der Waals surface area contributed by atoms with Gasteiger partial charge in [-0.2, -0.15) is 0 Å². The summed E-state index contributed by atoms with van der Waals surface area (Å²) in [4.78, 5) is 0. The Kier molecular flexibility index (Phi) is 2.89. The Morgan fingerprint density at radius 2 is 1.86 bits per heavy atom. The van der Waals surface area contributed by atoms with E-state index >= 15 is 0 Å². The fourth-order valence-corrected chi connectivity index (χ4v) is 1.05. The molecule has 0 fully saturated rings. The smallest absolute Gasteiger partial charge is 0.502 e. The van der Waals surface area contributed by atoms with Crippen molar-refractivity contribution < 1.29 is 27.4 Å². The van der Waals surface area contributed by atoms with Crippen LogP contribution in [0.5, 0.6) is 11.5 Å². The van der Waals surface area contributed by atoms with Gasteiger partial charge in [0.25, 0.3) is 0 Å². The molecule has 0 spiro atoms. The topological polar surface area (TPSA) is 29.5 Å². The first-order chi connectivity index (χ1) is 6.31. The van der Waals surface area contributed by atoms with Gasteiger partial charge in [0.05, 0.1) is 4.47 Å². The maximum absolute atomic E-state index is 12.8. The van der Waals surface area contributed by atoms with Gasteiger partial charge in [-0.1, -0.05) is 0 Å². The van der Waals surface area contributed by atoms with Crippen LogP contribution >= 0.6 is 15.9 Å². The molecule has 0 aromatic heterocycles. The van der Waals surface area contributed by atoms with Crippen LogP contribution in [0.15, 0.2) is 16.6 Å². The number of hydrogen-bond donors (Lipinski definition) is 1. The van der Waals surface area contributed by atoms with E-state index in [2.05, 4.69) is 20.7 Å². The third kappa shape index (κ3) is 2.50. The summed E-state index contributed by atoms with van der Waals surface area (Å²) in [5, 5.41) is 8.91. The Hall–Kier alpha value is -0.980. The third-order valence-corrected chi connectivity index (χ3v) is 1.87. The third-order valence-electron chi connectivity index (χ3n) is 1.26. The Balaban J connectivity index is 3.06. The van der Waals surface area contributed by atoms with Crippen molar-refractivity contribution in [1.82, 2.24) is 0 Å². The summed E-state index contributed by atoms with van der Waals surface area (Å²) in [5.41, 5.74) is 0. The predicted octanol–water partition coefficient (Wildman–Crippen LogP) is 3.19. The van der Waals surface area contributed by atoms with Gasteiger partial charge in [-0.15, -0.1) is 13.2 Å². The van der Waals surface area contributed by atoms with E-state index in [1.165, 1.54) is 0 Å². The minimum atomic E-state index is -4.96. The molecule has 0 bridgehead atoms. The molecule has 0 aliphatic heterocycles. The quantitative estimate of drug-likeness (QED) is 0.797. The maximum atomic E-state index is 12.8. The van der Waals surface area contributed by atoms with Crippen LogP contribution < -0.4 is 4.74 Å². The fraction of sp³-hybridized carbons (Fsp3) is 0.143. The normalized spacial score (nSPS) is 11.5. The first-order valence-corrected chi connectivity index (χ1v) is 4.03. The zero-order valence-corrected chi connectivity index (χ0v) is 7.99. The molecule has 2 nitrogen and oxygen atoms in total. The summed E-state index contributed by atoms with van der Waals surface area (Å²) in [7, 11) is 0. The highest BCUT2D eigenvalue weighted by Gasteiger charge is 2.33. The predicted molar refractivity (Wildman–Crippen MR) is 42.4 cm³/mol. The molecule has 1 aromatic rings. The van der Waals surface area contributed by atoms with Crippen molar-refractivity contribution in [2.45, 2.75) is 6.36 Å². The highest BCUT2D eigenvalue weighted by molar-refractivity contribution is 9.10. The Bertz CT molecular complexity index is 350. The van der Waals surface area contributed by atoms with Gasteiger partial charge in [-0.25, -0.2) is 4.39 Å². The van der Waals surface area contributed by atoms with E-state index in [4.69, 9.17) is 5.11 Å². The van der Waals surface area contributed by atoms with Crippen molar-refractivity contribution in [3.8, 4) is 11.5 Å². The van der Waals surface area contributed by atoms with E-state index in [-0.39, 0.29) is 4.47 Å². The van der Waals surface area contributed by atoms with Crippen LogP contribution in [0, 0.1) is 5.82 Å². The van der Waals surface area contributed by atoms with E-state index in [0.29, 0.717) is 0 Å².